The highest BCUT2D eigenvalue weighted by Crippen LogP contribution is 2.36. The molecule has 8 aromatic rings. The van der Waals surface area contributed by atoms with Crippen LogP contribution in [0.25, 0.3) is 61.1 Å². The Hall–Kier alpha value is -5.42. The van der Waals surface area contributed by atoms with E-state index in [1.54, 1.807) is 0 Å². The van der Waals surface area contributed by atoms with Gasteiger partial charge in [-0.15, -0.1) is 0 Å². The molecule has 0 fully saturated rings. The van der Waals surface area contributed by atoms with E-state index in [4.69, 9.17) is 4.98 Å². The summed E-state index contributed by atoms with van der Waals surface area (Å²) in [5.74, 6) is 0.746. The summed E-state index contributed by atoms with van der Waals surface area (Å²) >= 11 is 0. The first-order valence-corrected chi connectivity index (χ1v) is 13.0. The van der Waals surface area contributed by atoms with Crippen molar-refractivity contribution in [3.63, 3.8) is 0 Å². The Morgan fingerprint density at radius 3 is 1.67 bits per heavy atom. The summed E-state index contributed by atoms with van der Waals surface area (Å²) in [6.45, 7) is 0. The number of aromatic nitrogens is 4. The SMILES string of the molecule is O=c1c2c3ccccc3n(-c3nc4ccccc4n3-c3ccccc3)c2c2ccccc2n1-c1ccccc1. The molecular weight excluding hydrogens is 480 g/mol. The molecular formula is C34H22N4O. The Balaban J connectivity index is 1.62. The summed E-state index contributed by atoms with van der Waals surface area (Å²) in [5.41, 5.74) is 6.35. The molecule has 184 valence electrons. The third-order valence-electron chi connectivity index (χ3n) is 7.46. The van der Waals surface area contributed by atoms with Crippen molar-refractivity contribution >= 4 is 43.7 Å². The predicted molar refractivity (Wildman–Crippen MR) is 159 cm³/mol. The third-order valence-corrected chi connectivity index (χ3v) is 7.46. The van der Waals surface area contributed by atoms with Crippen LogP contribution in [0.2, 0.25) is 0 Å². The maximum atomic E-state index is 14.5. The van der Waals surface area contributed by atoms with Crippen LogP contribution in [-0.4, -0.2) is 18.7 Å². The second-order valence-corrected chi connectivity index (χ2v) is 9.64. The summed E-state index contributed by atoms with van der Waals surface area (Å²) < 4.78 is 6.17. The van der Waals surface area contributed by atoms with Crippen molar-refractivity contribution in [2.75, 3.05) is 0 Å². The third kappa shape index (κ3) is 3.07. The van der Waals surface area contributed by atoms with E-state index in [2.05, 4.69) is 39.5 Å². The minimum absolute atomic E-state index is 0.0489. The van der Waals surface area contributed by atoms with Gasteiger partial charge in [0, 0.05) is 22.1 Å². The van der Waals surface area contributed by atoms with E-state index in [9.17, 15) is 4.79 Å². The lowest BCUT2D eigenvalue weighted by atomic mass is 10.1. The Morgan fingerprint density at radius 2 is 0.974 bits per heavy atom. The molecule has 8 rings (SSSR count). The molecule has 0 spiro atoms. The Labute approximate surface area is 223 Å². The molecule has 0 amide bonds. The maximum Gasteiger partial charge on any atom is 0.265 e. The van der Waals surface area contributed by atoms with Gasteiger partial charge in [-0.1, -0.05) is 84.9 Å². The van der Waals surface area contributed by atoms with Gasteiger partial charge in [0.2, 0.25) is 5.95 Å². The Bertz CT molecular complexity index is 2240. The number of nitrogens with zero attached hydrogens (tertiary/aromatic N) is 4. The first-order valence-electron chi connectivity index (χ1n) is 13.0. The van der Waals surface area contributed by atoms with Gasteiger partial charge in [-0.2, -0.15) is 0 Å². The zero-order chi connectivity index (χ0) is 25.9. The number of pyridine rings is 1. The van der Waals surface area contributed by atoms with Gasteiger partial charge >= 0.3 is 0 Å². The molecule has 0 aliphatic rings. The molecule has 0 atom stereocenters. The molecule has 0 aliphatic heterocycles. The average Bonchev–Trinajstić information content (AvgIpc) is 3.55. The van der Waals surface area contributed by atoms with Crippen LogP contribution in [0.15, 0.2) is 138 Å². The lowest BCUT2D eigenvalue weighted by Crippen LogP contribution is -2.19. The number of imidazole rings is 1. The summed E-state index contributed by atoms with van der Waals surface area (Å²) in [4.78, 5) is 19.6. The fourth-order valence-electron chi connectivity index (χ4n) is 5.84. The van der Waals surface area contributed by atoms with Gasteiger partial charge in [-0.05, 0) is 48.5 Å². The van der Waals surface area contributed by atoms with E-state index in [1.165, 1.54) is 0 Å². The van der Waals surface area contributed by atoms with Crippen molar-refractivity contribution in [1.82, 2.24) is 18.7 Å². The van der Waals surface area contributed by atoms with Crippen LogP contribution >= 0.6 is 0 Å². The van der Waals surface area contributed by atoms with Crippen LogP contribution in [0.1, 0.15) is 0 Å². The van der Waals surface area contributed by atoms with E-state index < -0.39 is 0 Å². The molecule has 5 heteroatoms. The number of fused-ring (bicyclic) bond motifs is 6. The lowest BCUT2D eigenvalue weighted by Gasteiger charge is -2.15. The number of hydrogen-bond donors (Lipinski definition) is 0. The van der Waals surface area contributed by atoms with Gasteiger partial charge in [0.1, 0.15) is 0 Å². The van der Waals surface area contributed by atoms with Gasteiger partial charge in [0.15, 0.2) is 0 Å². The highest BCUT2D eigenvalue weighted by Gasteiger charge is 2.24. The van der Waals surface area contributed by atoms with Crippen LogP contribution in [0.3, 0.4) is 0 Å². The van der Waals surface area contributed by atoms with Crippen LogP contribution in [0, 0.1) is 0 Å². The Morgan fingerprint density at radius 1 is 0.462 bits per heavy atom. The van der Waals surface area contributed by atoms with Crippen LogP contribution in [-0.2, 0) is 0 Å². The molecule has 3 heterocycles. The van der Waals surface area contributed by atoms with Gasteiger partial charge in [-0.3, -0.25) is 18.5 Å². The zero-order valence-electron chi connectivity index (χ0n) is 20.9. The van der Waals surface area contributed by atoms with E-state index in [0.29, 0.717) is 5.39 Å². The summed E-state index contributed by atoms with van der Waals surface area (Å²) in [6.07, 6.45) is 0. The molecule has 0 bridgehead atoms. The first-order chi connectivity index (χ1) is 19.3. The largest absolute Gasteiger partial charge is 0.278 e. The second-order valence-electron chi connectivity index (χ2n) is 9.64. The normalized spacial score (nSPS) is 11.7. The Kier molecular flexibility index (Phi) is 4.60. The lowest BCUT2D eigenvalue weighted by molar-refractivity contribution is 0.956. The van der Waals surface area contributed by atoms with Crippen LogP contribution in [0.4, 0.5) is 0 Å². The fraction of sp³-hybridized carbons (Fsp3) is 0. The molecule has 0 aliphatic carbocycles. The van der Waals surface area contributed by atoms with Crippen molar-refractivity contribution in [1.29, 1.82) is 0 Å². The minimum Gasteiger partial charge on any atom is -0.278 e. The van der Waals surface area contributed by atoms with Gasteiger partial charge in [-0.25, -0.2) is 4.98 Å². The molecule has 0 radical (unpaired) electrons. The van der Waals surface area contributed by atoms with Crippen LogP contribution < -0.4 is 5.56 Å². The zero-order valence-corrected chi connectivity index (χ0v) is 20.9. The van der Waals surface area contributed by atoms with Crippen LogP contribution in [0.5, 0.6) is 0 Å². The van der Waals surface area contributed by atoms with Crippen molar-refractivity contribution in [2.24, 2.45) is 0 Å². The molecule has 0 saturated heterocycles. The van der Waals surface area contributed by atoms with Crippen molar-refractivity contribution < 1.29 is 0 Å². The first kappa shape index (κ1) is 21.6. The van der Waals surface area contributed by atoms with E-state index in [0.717, 1.165) is 55.7 Å². The van der Waals surface area contributed by atoms with Crippen molar-refractivity contribution in [3.8, 4) is 17.3 Å². The number of rotatable bonds is 3. The molecule has 0 saturated carbocycles. The topological polar surface area (TPSA) is 44.8 Å². The van der Waals surface area contributed by atoms with E-state index >= 15 is 0 Å². The molecule has 5 nitrogen and oxygen atoms in total. The minimum atomic E-state index is -0.0489. The molecule has 3 aromatic heterocycles. The van der Waals surface area contributed by atoms with E-state index in [1.807, 2.05) is 108 Å². The number of benzene rings is 5. The quantitative estimate of drug-likeness (QED) is 0.252. The van der Waals surface area contributed by atoms with Crippen molar-refractivity contribution in [2.45, 2.75) is 0 Å². The molecule has 0 N–H and O–H groups in total. The standard InChI is InChI=1S/C34H22N4O/c39-33-31-25-17-7-10-20-28(25)38(32(31)26-18-8-11-21-29(26)36(33)23-13-3-1-4-14-23)34-35-27-19-9-12-22-30(27)37(34)24-15-5-2-6-16-24/h1-22H. The van der Waals surface area contributed by atoms with Crippen molar-refractivity contribution in [3.05, 3.63) is 144 Å². The average molecular weight is 503 g/mol. The van der Waals surface area contributed by atoms with E-state index in [-0.39, 0.29) is 5.56 Å². The summed E-state index contributed by atoms with van der Waals surface area (Å²) in [6, 6.07) is 44.5. The maximum absolute atomic E-state index is 14.5. The highest BCUT2D eigenvalue weighted by molar-refractivity contribution is 6.17. The van der Waals surface area contributed by atoms with Gasteiger partial charge in [0.25, 0.3) is 5.56 Å². The highest BCUT2D eigenvalue weighted by atomic mass is 16.1. The number of hydrogen-bond acceptors (Lipinski definition) is 2. The molecule has 39 heavy (non-hydrogen) atoms. The number of para-hydroxylation sites is 6. The smallest absolute Gasteiger partial charge is 0.265 e. The second kappa shape index (κ2) is 8.30. The van der Waals surface area contributed by atoms with Gasteiger partial charge in [0.05, 0.1) is 33.0 Å². The summed E-state index contributed by atoms with van der Waals surface area (Å²) in [5, 5.41) is 2.57. The van der Waals surface area contributed by atoms with Gasteiger partial charge < -0.3 is 0 Å². The fourth-order valence-corrected chi connectivity index (χ4v) is 5.84. The molecule has 0 unspecified atom stereocenters. The summed E-state index contributed by atoms with van der Waals surface area (Å²) in [7, 11) is 0. The predicted octanol–water partition coefficient (Wildman–Crippen LogP) is 7.43. The monoisotopic (exact) mass is 502 g/mol. The molecule has 5 aromatic carbocycles.